The van der Waals surface area contributed by atoms with Crippen LogP contribution in [-0.4, -0.2) is 30.2 Å². The highest BCUT2D eigenvalue weighted by Crippen LogP contribution is 2.13. The van der Waals surface area contributed by atoms with Crippen molar-refractivity contribution in [3.05, 3.63) is 0 Å². The van der Waals surface area contributed by atoms with Crippen LogP contribution in [0.1, 0.15) is 137 Å². The van der Waals surface area contributed by atoms with Crippen molar-refractivity contribution >= 4 is 5.97 Å². The number of hydrogen-bond donors (Lipinski definition) is 0. The van der Waals surface area contributed by atoms with Gasteiger partial charge in [-0.15, -0.1) is 0 Å². The minimum absolute atomic E-state index is 0.0793. The van der Waals surface area contributed by atoms with Gasteiger partial charge in [-0.2, -0.15) is 0 Å². The molecule has 0 bridgehead atoms. The van der Waals surface area contributed by atoms with E-state index in [1.165, 1.54) is 103 Å². The highest BCUT2D eigenvalue weighted by atomic mass is 16.6. The number of carbonyl (C=O) groups excluding carboxylic acids is 1. The number of carbonyl (C=O) groups is 1. The van der Waals surface area contributed by atoms with Gasteiger partial charge < -0.3 is 4.74 Å². The first-order valence-electron chi connectivity index (χ1n) is 12.6. The second-order valence-corrected chi connectivity index (χ2v) is 8.43. The van der Waals surface area contributed by atoms with Crippen molar-refractivity contribution in [2.45, 2.75) is 143 Å². The molecule has 0 aromatic carbocycles. The average Bonchev–Trinajstić information content (AvgIpc) is 2.70. The number of nitrogens with zero attached hydrogens (tertiary/aromatic N) is 1. The summed E-state index contributed by atoms with van der Waals surface area (Å²) in [7, 11) is 0. The predicted molar refractivity (Wildman–Crippen MR) is 123 cm³/mol. The van der Waals surface area contributed by atoms with Crippen molar-refractivity contribution in [3.63, 3.8) is 0 Å². The van der Waals surface area contributed by atoms with Crippen LogP contribution in [0.3, 0.4) is 0 Å². The van der Waals surface area contributed by atoms with Gasteiger partial charge in [-0.05, 0) is 19.8 Å². The van der Waals surface area contributed by atoms with Crippen molar-refractivity contribution in [3.8, 4) is 0 Å². The second-order valence-electron chi connectivity index (χ2n) is 8.43. The van der Waals surface area contributed by atoms with Crippen molar-refractivity contribution in [1.82, 2.24) is 4.90 Å². The van der Waals surface area contributed by atoms with Gasteiger partial charge in [0.25, 0.3) is 0 Å². The first kappa shape index (κ1) is 27.4. The predicted octanol–water partition coefficient (Wildman–Crippen LogP) is 7.87. The Morgan fingerprint density at radius 2 is 1.00 bits per heavy atom. The molecule has 0 radical (unpaired) electrons. The molecule has 0 spiro atoms. The Labute approximate surface area is 177 Å². The maximum absolute atomic E-state index is 11.7. The van der Waals surface area contributed by atoms with E-state index in [2.05, 4.69) is 18.7 Å². The molecular weight excluding hydrogens is 346 g/mol. The van der Waals surface area contributed by atoms with Gasteiger partial charge in [0, 0.05) is 19.5 Å². The van der Waals surface area contributed by atoms with Crippen molar-refractivity contribution in [1.29, 1.82) is 0 Å². The molecule has 0 N–H and O–H groups in total. The van der Waals surface area contributed by atoms with Gasteiger partial charge in [0.15, 0.2) is 6.23 Å². The number of ether oxygens (including phenoxy) is 1. The molecule has 1 unspecified atom stereocenters. The van der Waals surface area contributed by atoms with Crippen LogP contribution >= 0.6 is 0 Å². The van der Waals surface area contributed by atoms with Gasteiger partial charge in [-0.1, -0.05) is 111 Å². The van der Waals surface area contributed by atoms with E-state index in [-0.39, 0.29) is 12.2 Å². The van der Waals surface area contributed by atoms with Crippen LogP contribution in [0.2, 0.25) is 0 Å². The minimum atomic E-state index is -0.0819. The summed E-state index contributed by atoms with van der Waals surface area (Å²) in [5, 5.41) is 0. The zero-order valence-corrected chi connectivity index (χ0v) is 19.8. The fourth-order valence-electron chi connectivity index (χ4n) is 3.72. The summed E-state index contributed by atoms with van der Waals surface area (Å²) >= 11 is 0. The van der Waals surface area contributed by atoms with Crippen molar-refractivity contribution in [2.75, 3.05) is 13.1 Å². The zero-order chi connectivity index (χ0) is 20.9. The maximum Gasteiger partial charge on any atom is 0.307 e. The molecule has 0 heterocycles. The molecule has 3 nitrogen and oxygen atoms in total. The molecule has 0 aromatic rings. The van der Waals surface area contributed by atoms with Crippen LogP contribution in [-0.2, 0) is 9.53 Å². The maximum atomic E-state index is 11.7. The van der Waals surface area contributed by atoms with Crippen LogP contribution in [0.5, 0.6) is 0 Å². The lowest BCUT2D eigenvalue weighted by Gasteiger charge is -2.28. The highest BCUT2D eigenvalue weighted by molar-refractivity contribution is 5.69. The SMILES string of the molecule is CCCCCCCCCCN(CCCCCCCCCC)C(C)OC(=O)CC. The Bertz CT molecular complexity index is 313. The molecule has 0 aromatic heterocycles. The largest absolute Gasteiger partial charge is 0.447 e. The van der Waals surface area contributed by atoms with E-state index in [1.807, 2.05) is 13.8 Å². The summed E-state index contributed by atoms with van der Waals surface area (Å²) in [6.45, 7) is 10.6. The molecule has 0 amide bonds. The Hall–Kier alpha value is -0.570. The molecule has 0 aliphatic heterocycles. The summed E-state index contributed by atoms with van der Waals surface area (Å²) in [4.78, 5) is 14.1. The lowest BCUT2D eigenvalue weighted by molar-refractivity contribution is -0.157. The van der Waals surface area contributed by atoms with E-state index in [0.29, 0.717) is 6.42 Å². The van der Waals surface area contributed by atoms with Crippen LogP contribution in [0, 0.1) is 0 Å². The minimum Gasteiger partial charge on any atom is -0.447 e. The number of hydrogen-bond acceptors (Lipinski definition) is 3. The summed E-state index contributed by atoms with van der Waals surface area (Å²) < 4.78 is 5.59. The first-order valence-corrected chi connectivity index (χ1v) is 12.6. The van der Waals surface area contributed by atoms with E-state index in [0.717, 1.165) is 13.1 Å². The summed E-state index contributed by atoms with van der Waals surface area (Å²) in [5.41, 5.74) is 0. The zero-order valence-electron chi connectivity index (χ0n) is 19.8. The Kier molecular flexibility index (Phi) is 20.7. The first-order chi connectivity index (χ1) is 13.7. The summed E-state index contributed by atoms with van der Waals surface area (Å²) in [5.74, 6) is -0.0793. The molecule has 0 saturated carbocycles. The van der Waals surface area contributed by atoms with Crippen LogP contribution < -0.4 is 0 Å². The lowest BCUT2D eigenvalue weighted by Crippen LogP contribution is -2.38. The van der Waals surface area contributed by atoms with Gasteiger partial charge in [0.05, 0.1) is 0 Å². The van der Waals surface area contributed by atoms with Gasteiger partial charge >= 0.3 is 5.97 Å². The molecule has 168 valence electrons. The summed E-state index contributed by atoms with van der Waals surface area (Å²) in [6.07, 6.45) is 21.8. The third kappa shape index (κ3) is 17.5. The topological polar surface area (TPSA) is 29.5 Å². The Balaban J connectivity index is 3.99. The quantitative estimate of drug-likeness (QED) is 0.112. The molecule has 28 heavy (non-hydrogen) atoms. The fourth-order valence-corrected chi connectivity index (χ4v) is 3.72. The van der Waals surface area contributed by atoms with Crippen LogP contribution in [0.15, 0.2) is 0 Å². The van der Waals surface area contributed by atoms with Gasteiger partial charge in [0.1, 0.15) is 0 Å². The fraction of sp³-hybridized carbons (Fsp3) is 0.960. The Morgan fingerprint density at radius 3 is 1.36 bits per heavy atom. The lowest BCUT2D eigenvalue weighted by atomic mass is 10.1. The molecule has 0 rings (SSSR count). The van der Waals surface area contributed by atoms with E-state index < -0.39 is 0 Å². The van der Waals surface area contributed by atoms with Gasteiger partial charge in [0.2, 0.25) is 0 Å². The smallest absolute Gasteiger partial charge is 0.307 e. The van der Waals surface area contributed by atoms with E-state index in [4.69, 9.17) is 4.74 Å². The number of rotatable bonds is 21. The average molecular weight is 398 g/mol. The van der Waals surface area contributed by atoms with Gasteiger partial charge in [-0.25, -0.2) is 0 Å². The molecule has 1 atom stereocenters. The third-order valence-electron chi connectivity index (χ3n) is 5.70. The molecule has 0 fully saturated rings. The second kappa shape index (κ2) is 21.1. The van der Waals surface area contributed by atoms with Crippen molar-refractivity contribution in [2.24, 2.45) is 0 Å². The third-order valence-corrected chi connectivity index (χ3v) is 5.70. The molecule has 3 heteroatoms. The van der Waals surface area contributed by atoms with E-state index in [1.54, 1.807) is 0 Å². The highest BCUT2D eigenvalue weighted by Gasteiger charge is 2.16. The van der Waals surface area contributed by atoms with Crippen LogP contribution in [0.25, 0.3) is 0 Å². The van der Waals surface area contributed by atoms with E-state index >= 15 is 0 Å². The standard InChI is InChI=1S/C25H51NO2/c1-5-8-10-12-14-16-18-20-22-26(24(4)28-25(27)7-3)23-21-19-17-15-13-11-9-6-2/h24H,5-23H2,1-4H3. The van der Waals surface area contributed by atoms with Gasteiger partial charge in [-0.3, -0.25) is 9.69 Å². The molecule has 0 aliphatic carbocycles. The number of esters is 1. The summed E-state index contributed by atoms with van der Waals surface area (Å²) in [6, 6.07) is 0. The van der Waals surface area contributed by atoms with Crippen LogP contribution in [0.4, 0.5) is 0 Å². The molecule has 0 aliphatic rings. The number of unbranched alkanes of at least 4 members (excludes halogenated alkanes) is 14. The molecule has 0 saturated heterocycles. The monoisotopic (exact) mass is 397 g/mol. The van der Waals surface area contributed by atoms with E-state index in [9.17, 15) is 4.79 Å². The Morgan fingerprint density at radius 1 is 0.643 bits per heavy atom. The normalized spacial score (nSPS) is 12.5. The van der Waals surface area contributed by atoms with Crippen molar-refractivity contribution < 1.29 is 9.53 Å². The molecular formula is C25H51NO2.